The molecule has 1 unspecified atom stereocenters. The number of piperazine rings is 1. The summed E-state index contributed by atoms with van der Waals surface area (Å²) in [4.78, 5) is 13.9. The van der Waals surface area contributed by atoms with Crippen molar-refractivity contribution in [3.8, 4) is 0 Å². The highest BCUT2D eigenvalue weighted by Crippen LogP contribution is 2.17. The van der Waals surface area contributed by atoms with E-state index in [4.69, 9.17) is 10.5 Å². The average Bonchev–Trinajstić information content (AvgIpc) is 2.48. The molecule has 1 aliphatic rings. The van der Waals surface area contributed by atoms with Crippen molar-refractivity contribution in [3.05, 3.63) is 29.8 Å². The Hall–Kier alpha value is -1.59. The quantitative estimate of drug-likeness (QED) is 0.769. The molecule has 0 bridgehead atoms. The number of carbonyl (C=O) groups excluding carboxylic acids is 1. The fraction of sp³-hybridized carbons (Fsp3) is 0.533. The Morgan fingerprint density at radius 2 is 2.20 bits per heavy atom. The second-order valence-corrected chi connectivity index (χ2v) is 4.97. The number of anilines is 1. The van der Waals surface area contributed by atoms with Gasteiger partial charge in [0.2, 0.25) is 0 Å². The lowest BCUT2D eigenvalue weighted by Gasteiger charge is -2.29. The summed E-state index contributed by atoms with van der Waals surface area (Å²) in [5.41, 5.74) is 8.13. The summed E-state index contributed by atoms with van der Waals surface area (Å²) in [6.07, 6.45) is 0.513. The summed E-state index contributed by atoms with van der Waals surface area (Å²) in [5.74, 6) is -0.333. The minimum Gasteiger partial charge on any atom is -0.465 e. The molecule has 1 heterocycles. The highest BCUT2D eigenvalue weighted by molar-refractivity contribution is 5.76. The number of nitrogens with zero attached hydrogens (tertiary/aromatic N) is 1. The van der Waals surface area contributed by atoms with Gasteiger partial charge in [-0.1, -0.05) is 12.1 Å². The van der Waals surface area contributed by atoms with Gasteiger partial charge in [-0.05, 0) is 31.0 Å². The minimum atomic E-state index is -0.590. The van der Waals surface area contributed by atoms with E-state index < -0.39 is 6.04 Å². The van der Waals surface area contributed by atoms with Crippen LogP contribution in [0.3, 0.4) is 0 Å². The smallest absolute Gasteiger partial charge is 0.323 e. The zero-order valence-corrected chi connectivity index (χ0v) is 12.0. The fourth-order valence-corrected chi connectivity index (χ4v) is 2.39. The average molecular weight is 277 g/mol. The highest BCUT2D eigenvalue weighted by atomic mass is 16.5. The van der Waals surface area contributed by atoms with Crippen LogP contribution in [0.25, 0.3) is 0 Å². The summed E-state index contributed by atoms with van der Waals surface area (Å²) >= 11 is 0. The predicted molar refractivity (Wildman–Crippen MR) is 79.8 cm³/mol. The molecule has 0 aliphatic carbocycles. The number of esters is 1. The topological polar surface area (TPSA) is 67.6 Å². The third-order valence-electron chi connectivity index (χ3n) is 3.44. The van der Waals surface area contributed by atoms with Crippen LogP contribution < -0.4 is 16.0 Å². The summed E-state index contributed by atoms with van der Waals surface area (Å²) < 4.78 is 4.94. The van der Waals surface area contributed by atoms with E-state index in [2.05, 4.69) is 22.3 Å². The molecule has 1 atom stereocenters. The van der Waals surface area contributed by atoms with Gasteiger partial charge in [0.15, 0.2) is 0 Å². The van der Waals surface area contributed by atoms with Gasteiger partial charge in [0, 0.05) is 31.9 Å². The molecule has 0 saturated carbocycles. The van der Waals surface area contributed by atoms with E-state index in [9.17, 15) is 4.79 Å². The van der Waals surface area contributed by atoms with Gasteiger partial charge < -0.3 is 20.7 Å². The molecule has 1 saturated heterocycles. The van der Waals surface area contributed by atoms with Crippen molar-refractivity contribution in [3.63, 3.8) is 0 Å². The third kappa shape index (κ3) is 3.95. The Morgan fingerprint density at radius 1 is 1.45 bits per heavy atom. The van der Waals surface area contributed by atoms with Crippen molar-refractivity contribution in [1.29, 1.82) is 0 Å². The first-order chi connectivity index (χ1) is 9.70. The Bertz CT molecular complexity index is 444. The lowest BCUT2D eigenvalue weighted by Crippen LogP contribution is -2.43. The summed E-state index contributed by atoms with van der Waals surface area (Å²) in [7, 11) is 0. The van der Waals surface area contributed by atoms with Gasteiger partial charge in [-0.2, -0.15) is 0 Å². The molecule has 20 heavy (non-hydrogen) atoms. The van der Waals surface area contributed by atoms with Gasteiger partial charge >= 0.3 is 5.97 Å². The van der Waals surface area contributed by atoms with Gasteiger partial charge in [0.05, 0.1) is 6.61 Å². The predicted octanol–water partition coefficient (Wildman–Crippen LogP) is 0.529. The molecule has 1 aromatic carbocycles. The first-order valence-electron chi connectivity index (χ1n) is 7.17. The number of benzene rings is 1. The monoisotopic (exact) mass is 277 g/mol. The van der Waals surface area contributed by atoms with E-state index >= 15 is 0 Å². The number of hydrogen-bond donors (Lipinski definition) is 2. The highest BCUT2D eigenvalue weighted by Gasteiger charge is 2.16. The van der Waals surface area contributed by atoms with Crippen molar-refractivity contribution >= 4 is 11.7 Å². The van der Waals surface area contributed by atoms with E-state index in [0.29, 0.717) is 13.0 Å². The second-order valence-electron chi connectivity index (χ2n) is 4.97. The van der Waals surface area contributed by atoms with Crippen LogP contribution in [0.4, 0.5) is 5.69 Å². The van der Waals surface area contributed by atoms with E-state index in [-0.39, 0.29) is 5.97 Å². The number of carbonyl (C=O) groups is 1. The van der Waals surface area contributed by atoms with Crippen LogP contribution in [-0.4, -0.2) is 44.8 Å². The number of nitrogens with two attached hydrogens (primary N) is 1. The molecule has 110 valence electrons. The maximum atomic E-state index is 11.6. The Kier molecular flexibility index (Phi) is 5.38. The number of nitrogens with one attached hydrogen (secondary N) is 1. The maximum absolute atomic E-state index is 11.6. The minimum absolute atomic E-state index is 0.333. The van der Waals surface area contributed by atoms with Crippen LogP contribution >= 0.6 is 0 Å². The summed E-state index contributed by atoms with van der Waals surface area (Å²) in [6, 6.07) is 7.65. The molecule has 5 nitrogen and oxygen atoms in total. The van der Waals surface area contributed by atoms with Crippen molar-refractivity contribution in [2.45, 2.75) is 19.4 Å². The SMILES string of the molecule is CCOC(=O)C(N)Cc1cccc(N2CCNCC2)c1. The fourth-order valence-electron chi connectivity index (χ4n) is 2.39. The van der Waals surface area contributed by atoms with E-state index in [1.54, 1.807) is 6.92 Å². The molecule has 1 fully saturated rings. The van der Waals surface area contributed by atoms with Crippen molar-refractivity contribution in [2.75, 3.05) is 37.7 Å². The van der Waals surface area contributed by atoms with Gasteiger partial charge in [-0.25, -0.2) is 0 Å². The molecular weight excluding hydrogens is 254 g/mol. The molecule has 0 spiro atoms. The maximum Gasteiger partial charge on any atom is 0.323 e. The van der Waals surface area contributed by atoms with Crippen LogP contribution in [0.15, 0.2) is 24.3 Å². The van der Waals surface area contributed by atoms with Crippen LogP contribution in [0.2, 0.25) is 0 Å². The Labute approximate surface area is 120 Å². The molecule has 1 aliphatic heterocycles. The van der Waals surface area contributed by atoms with Crippen LogP contribution in [0.1, 0.15) is 12.5 Å². The molecule has 0 aromatic heterocycles. The molecule has 2 rings (SSSR count). The standard InChI is InChI=1S/C15H23N3O2/c1-2-20-15(19)14(16)11-12-4-3-5-13(10-12)18-8-6-17-7-9-18/h3-5,10,14,17H,2,6-9,11,16H2,1H3. The number of ether oxygens (including phenoxy) is 1. The molecule has 0 radical (unpaired) electrons. The lowest BCUT2D eigenvalue weighted by molar-refractivity contribution is -0.144. The van der Waals surface area contributed by atoms with E-state index in [1.807, 2.05) is 12.1 Å². The first kappa shape index (κ1) is 14.8. The zero-order chi connectivity index (χ0) is 14.4. The van der Waals surface area contributed by atoms with Crippen molar-refractivity contribution in [2.24, 2.45) is 5.73 Å². The molecule has 0 amide bonds. The normalized spacial score (nSPS) is 16.8. The first-order valence-corrected chi connectivity index (χ1v) is 7.17. The molecule has 3 N–H and O–H groups in total. The Morgan fingerprint density at radius 3 is 2.90 bits per heavy atom. The van der Waals surface area contributed by atoms with Crippen molar-refractivity contribution in [1.82, 2.24) is 5.32 Å². The largest absolute Gasteiger partial charge is 0.465 e. The molecular formula is C15H23N3O2. The Balaban J connectivity index is 2.00. The van der Waals surface area contributed by atoms with Crippen LogP contribution in [0.5, 0.6) is 0 Å². The number of rotatable bonds is 5. The lowest BCUT2D eigenvalue weighted by atomic mass is 10.1. The van der Waals surface area contributed by atoms with Crippen molar-refractivity contribution < 1.29 is 9.53 Å². The van der Waals surface area contributed by atoms with Gasteiger partial charge in [-0.3, -0.25) is 4.79 Å². The van der Waals surface area contributed by atoms with E-state index in [0.717, 1.165) is 31.7 Å². The van der Waals surface area contributed by atoms with Gasteiger partial charge in [0.1, 0.15) is 6.04 Å². The number of hydrogen-bond acceptors (Lipinski definition) is 5. The summed E-state index contributed by atoms with van der Waals surface area (Å²) in [5, 5.41) is 3.34. The summed E-state index contributed by atoms with van der Waals surface area (Å²) in [6.45, 7) is 6.18. The van der Waals surface area contributed by atoms with Gasteiger partial charge in [-0.15, -0.1) is 0 Å². The van der Waals surface area contributed by atoms with Gasteiger partial charge in [0.25, 0.3) is 0 Å². The van der Waals surface area contributed by atoms with E-state index in [1.165, 1.54) is 5.69 Å². The second kappa shape index (κ2) is 7.26. The zero-order valence-electron chi connectivity index (χ0n) is 12.0. The molecule has 1 aromatic rings. The molecule has 5 heteroatoms. The van der Waals surface area contributed by atoms with Crippen LogP contribution in [0, 0.1) is 0 Å². The third-order valence-corrected chi connectivity index (χ3v) is 3.44. The van der Waals surface area contributed by atoms with Crippen LogP contribution in [-0.2, 0) is 16.0 Å².